The van der Waals surface area contributed by atoms with E-state index in [0.717, 1.165) is 0 Å². The summed E-state index contributed by atoms with van der Waals surface area (Å²) in [6, 6.07) is 2.68. The lowest BCUT2D eigenvalue weighted by molar-refractivity contribution is -0.385. The van der Waals surface area contributed by atoms with E-state index in [1.165, 1.54) is 37.2 Å². The van der Waals surface area contributed by atoms with Crippen LogP contribution in [-0.2, 0) is 23.5 Å². The van der Waals surface area contributed by atoms with Crippen LogP contribution >= 0.6 is 11.6 Å². The van der Waals surface area contributed by atoms with E-state index in [9.17, 15) is 18.5 Å². The quantitative estimate of drug-likeness (QED) is 0.522. The van der Waals surface area contributed by atoms with Crippen molar-refractivity contribution in [3.8, 4) is 11.5 Å². The third kappa shape index (κ3) is 4.06. The molecule has 142 valence electrons. The van der Waals surface area contributed by atoms with Crippen LogP contribution in [0.1, 0.15) is 5.56 Å². The molecule has 0 atom stereocenters. The van der Waals surface area contributed by atoms with Crippen LogP contribution in [0, 0.1) is 10.1 Å². The fraction of sp³-hybridized carbons (Fsp3) is 0.357. The van der Waals surface area contributed by atoms with Crippen molar-refractivity contribution in [2.75, 3.05) is 20.8 Å². The number of rotatable bonds is 8. The van der Waals surface area contributed by atoms with Crippen LogP contribution < -0.4 is 14.2 Å². The van der Waals surface area contributed by atoms with Gasteiger partial charge in [0, 0.05) is 19.2 Å². The summed E-state index contributed by atoms with van der Waals surface area (Å²) in [5, 5.41) is 10.9. The molecule has 10 nitrogen and oxygen atoms in total. The molecular weight excluding hydrogens is 388 g/mol. The first-order valence-corrected chi connectivity index (χ1v) is 9.13. The van der Waals surface area contributed by atoms with Crippen LogP contribution in [0.5, 0.6) is 11.5 Å². The number of aryl methyl sites for hydroxylation is 1. The van der Waals surface area contributed by atoms with Gasteiger partial charge < -0.3 is 14.0 Å². The van der Waals surface area contributed by atoms with Gasteiger partial charge in [-0.05, 0) is 12.5 Å². The Kier molecular flexibility index (Phi) is 6.05. The first kappa shape index (κ1) is 19.9. The Labute approximate surface area is 154 Å². The Balaban J connectivity index is 2.21. The molecule has 0 aliphatic carbocycles. The fourth-order valence-electron chi connectivity index (χ4n) is 2.24. The highest BCUT2D eigenvalue weighted by Gasteiger charge is 2.23. The molecular formula is C14H17ClN4O6S. The first-order valence-electron chi connectivity index (χ1n) is 7.27. The molecule has 1 heterocycles. The Hall–Kier alpha value is -2.37. The number of nitro groups is 1. The molecule has 12 heteroatoms. The van der Waals surface area contributed by atoms with Gasteiger partial charge in [0.2, 0.25) is 5.03 Å². The van der Waals surface area contributed by atoms with Gasteiger partial charge in [-0.1, -0.05) is 11.6 Å². The maximum atomic E-state index is 12.2. The summed E-state index contributed by atoms with van der Waals surface area (Å²) in [7, 11) is 0.384. The second-order valence-corrected chi connectivity index (χ2v) is 7.23. The summed E-state index contributed by atoms with van der Waals surface area (Å²) in [4.78, 5) is 14.4. The van der Waals surface area contributed by atoms with Crippen LogP contribution in [0.2, 0.25) is 5.15 Å². The molecule has 1 aromatic carbocycles. The molecule has 0 aliphatic rings. The average molecular weight is 405 g/mol. The molecule has 0 bridgehead atoms. The van der Waals surface area contributed by atoms with Crippen molar-refractivity contribution in [1.29, 1.82) is 0 Å². The molecule has 1 aromatic heterocycles. The number of benzene rings is 1. The van der Waals surface area contributed by atoms with Crippen molar-refractivity contribution in [1.82, 2.24) is 14.3 Å². The number of sulfonamides is 1. The minimum atomic E-state index is -3.94. The summed E-state index contributed by atoms with van der Waals surface area (Å²) in [6.45, 7) is -0.0917. The van der Waals surface area contributed by atoms with Crippen molar-refractivity contribution < 1.29 is 22.8 Å². The SMILES string of the molecule is COc1cc(CCNS(=O)(=O)c2ncn(C)c2Cl)c([N+](=O)[O-])cc1OC. The zero-order chi connectivity index (χ0) is 19.5. The summed E-state index contributed by atoms with van der Waals surface area (Å²) < 4.78 is 38.4. The van der Waals surface area contributed by atoms with E-state index >= 15 is 0 Å². The van der Waals surface area contributed by atoms with Gasteiger partial charge >= 0.3 is 0 Å². The van der Waals surface area contributed by atoms with E-state index in [4.69, 9.17) is 21.1 Å². The van der Waals surface area contributed by atoms with Crippen molar-refractivity contribution >= 4 is 27.3 Å². The van der Waals surface area contributed by atoms with E-state index < -0.39 is 14.9 Å². The molecule has 0 aliphatic heterocycles. The summed E-state index contributed by atoms with van der Waals surface area (Å²) in [5.41, 5.74) is 0.0974. The molecule has 0 amide bonds. The minimum Gasteiger partial charge on any atom is -0.493 e. The van der Waals surface area contributed by atoms with Crippen LogP contribution in [-0.4, -0.2) is 43.7 Å². The monoisotopic (exact) mass is 404 g/mol. The normalized spacial score (nSPS) is 11.4. The number of hydrogen-bond acceptors (Lipinski definition) is 7. The second kappa shape index (κ2) is 7.89. The lowest BCUT2D eigenvalue weighted by Crippen LogP contribution is -2.26. The van der Waals surface area contributed by atoms with E-state index in [-0.39, 0.29) is 34.6 Å². The molecule has 0 radical (unpaired) electrons. The van der Waals surface area contributed by atoms with Gasteiger partial charge in [0.05, 0.1) is 31.5 Å². The number of imidazole rings is 1. The predicted octanol–water partition coefficient (Wildman–Crippen LogP) is 1.52. The second-order valence-electron chi connectivity index (χ2n) is 5.19. The van der Waals surface area contributed by atoms with Crippen LogP contribution in [0.25, 0.3) is 0 Å². The van der Waals surface area contributed by atoms with Gasteiger partial charge in [-0.25, -0.2) is 18.1 Å². The van der Waals surface area contributed by atoms with Gasteiger partial charge in [-0.15, -0.1) is 0 Å². The largest absolute Gasteiger partial charge is 0.493 e. The molecule has 26 heavy (non-hydrogen) atoms. The predicted molar refractivity (Wildman–Crippen MR) is 93.3 cm³/mol. The molecule has 2 rings (SSSR count). The topological polar surface area (TPSA) is 126 Å². The third-order valence-electron chi connectivity index (χ3n) is 3.56. The van der Waals surface area contributed by atoms with Crippen LogP contribution in [0.15, 0.2) is 23.5 Å². The zero-order valence-electron chi connectivity index (χ0n) is 14.2. The van der Waals surface area contributed by atoms with Gasteiger partial charge in [0.1, 0.15) is 5.15 Å². The highest BCUT2D eigenvalue weighted by atomic mass is 35.5. The molecule has 0 spiro atoms. The number of hydrogen-bond donors (Lipinski definition) is 1. The Bertz CT molecular complexity index is 928. The third-order valence-corrected chi connectivity index (χ3v) is 5.51. The number of methoxy groups -OCH3 is 2. The number of ether oxygens (including phenoxy) is 2. The molecule has 0 saturated heterocycles. The Morgan fingerprint density at radius 2 is 1.92 bits per heavy atom. The van der Waals surface area contributed by atoms with E-state index in [0.29, 0.717) is 11.3 Å². The number of nitrogens with zero attached hydrogens (tertiary/aromatic N) is 3. The van der Waals surface area contributed by atoms with Crippen molar-refractivity contribution in [2.24, 2.45) is 7.05 Å². The average Bonchev–Trinajstić information content (AvgIpc) is 2.93. The molecule has 0 saturated carbocycles. The highest BCUT2D eigenvalue weighted by molar-refractivity contribution is 7.89. The summed E-state index contributed by atoms with van der Waals surface area (Å²) in [6.07, 6.45) is 1.33. The minimum absolute atomic E-state index is 0.0328. The van der Waals surface area contributed by atoms with Gasteiger partial charge in [-0.2, -0.15) is 0 Å². The first-order chi connectivity index (χ1) is 12.2. The standard InChI is InChI=1S/C14H17ClN4O6S/c1-18-8-16-14(13(18)15)26(22,23)17-5-4-9-6-11(24-2)12(25-3)7-10(9)19(20)21/h6-8,17H,4-5H2,1-3H3. The Morgan fingerprint density at radius 3 is 2.42 bits per heavy atom. The van der Waals surface area contributed by atoms with Gasteiger partial charge in [0.25, 0.3) is 15.7 Å². The van der Waals surface area contributed by atoms with Gasteiger partial charge in [0.15, 0.2) is 11.5 Å². The number of nitrogens with one attached hydrogen (secondary N) is 1. The molecule has 0 fully saturated rings. The summed E-state index contributed by atoms with van der Waals surface area (Å²) in [5.74, 6) is 0.521. The maximum absolute atomic E-state index is 12.2. The van der Waals surface area contributed by atoms with Crippen molar-refractivity contribution in [2.45, 2.75) is 11.4 Å². The van der Waals surface area contributed by atoms with Gasteiger partial charge in [-0.3, -0.25) is 10.1 Å². The number of halogens is 1. The number of nitro benzene ring substituents is 1. The van der Waals surface area contributed by atoms with Crippen LogP contribution in [0.4, 0.5) is 5.69 Å². The lowest BCUT2D eigenvalue weighted by Gasteiger charge is -2.11. The van der Waals surface area contributed by atoms with Crippen molar-refractivity contribution in [3.05, 3.63) is 39.3 Å². The fourth-order valence-corrected chi connectivity index (χ4v) is 3.70. The molecule has 1 N–H and O–H groups in total. The van der Waals surface area contributed by atoms with E-state index in [1.807, 2.05) is 0 Å². The highest BCUT2D eigenvalue weighted by Crippen LogP contribution is 2.34. The molecule has 2 aromatic rings. The van der Waals surface area contributed by atoms with E-state index in [2.05, 4.69) is 9.71 Å². The zero-order valence-corrected chi connectivity index (χ0v) is 15.8. The molecule has 0 unspecified atom stereocenters. The van der Waals surface area contributed by atoms with E-state index in [1.54, 1.807) is 7.05 Å². The Morgan fingerprint density at radius 1 is 1.31 bits per heavy atom. The maximum Gasteiger partial charge on any atom is 0.276 e. The van der Waals surface area contributed by atoms with Crippen molar-refractivity contribution in [3.63, 3.8) is 0 Å². The number of aromatic nitrogens is 2. The lowest BCUT2D eigenvalue weighted by atomic mass is 10.1. The summed E-state index contributed by atoms with van der Waals surface area (Å²) >= 11 is 5.89. The smallest absolute Gasteiger partial charge is 0.276 e. The van der Waals surface area contributed by atoms with Crippen LogP contribution in [0.3, 0.4) is 0 Å².